The van der Waals surface area contributed by atoms with E-state index in [1.54, 1.807) is 7.11 Å². The SMILES string of the molecule is COC[C@@H](C)NC(=O)Nc1cccc(-n2nc(C)cc2C)c1. The number of methoxy groups -OCH3 is 1. The van der Waals surface area contributed by atoms with Crippen LogP contribution in [-0.4, -0.2) is 35.6 Å². The van der Waals surface area contributed by atoms with Crippen molar-refractivity contribution in [2.45, 2.75) is 26.8 Å². The van der Waals surface area contributed by atoms with Crippen molar-refractivity contribution in [1.82, 2.24) is 15.1 Å². The maximum absolute atomic E-state index is 11.9. The average molecular weight is 302 g/mol. The van der Waals surface area contributed by atoms with Gasteiger partial charge in [0.25, 0.3) is 0 Å². The highest BCUT2D eigenvalue weighted by atomic mass is 16.5. The van der Waals surface area contributed by atoms with Gasteiger partial charge in [0.15, 0.2) is 0 Å². The van der Waals surface area contributed by atoms with Gasteiger partial charge in [-0.05, 0) is 45.0 Å². The van der Waals surface area contributed by atoms with Gasteiger partial charge in [-0.2, -0.15) is 5.10 Å². The second kappa shape index (κ2) is 7.09. The van der Waals surface area contributed by atoms with E-state index in [4.69, 9.17) is 4.74 Å². The lowest BCUT2D eigenvalue weighted by Crippen LogP contribution is -2.38. The van der Waals surface area contributed by atoms with Crippen LogP contribution in [0.25, 0.3) is 5.69 Å². The summed E-state index contributed by atoms with van der Waals surface area (Å²) in [4.78, 5) is 11.9. The Labute approximate surface area is 130 Å². The van der Waals surface area contributed by atoms with Crippen LogP contribution in [0.1, 0.15) is 18.3 Å². The van der Waals surface area contributed by atoms with E-state index in [0.29, 0.717) is 12.3 Å². The molecule has 0 fully saturated rings. The second-order valence-corrected chi connectivity index (χ2v) is 5.34. The van der Waals surface area contributed by atoms with Gasteiger partial charge in [0, 0.05) is 18.5 Å². The summed E-state index contributed by atoms with van der Waals surface area (Å²) < 4.78 is 6.85. The van der Waals surface area contributed by atoms with Gasteiger partial charge >= 0.3 is 6.03 Å². The molecule has 0 aliphatic carbocycles. The highest BCUT2D eigenvalue weighted by Crippen LogP contribution is 2.16. The Balaban J connectivity index is 2.09. The number of urea groups is 1. The van der Waals surface area contributed by atoms with Crippen LogP contribution >= 0.6 is 0 Å². The number of nitrogens with one attached hydrogen (secondary N) is 2. The molecule has 0 aliphatic heterocycles. The molecule has 2 N–H and O–H groups in total. The van der Waals surface area contributed by atoms with Gasteiger partial charge in [0.1, 0.15) is 0 Å². The fourth-order valence-electron chi connectivity index (χ4n) is 2.29. The summed E-state index contributed by atoms with van der Waals surface area (Å²) in [6.07, 6.45) is 0. The number of nitrogens with zero attached hydrogens (tertiary/aromatic N) is 2. The number of hydrogen-bond acceptors (Lipinski definition) is 3. The fourth-order valence-corrected chi connectivity index (χ4v) is 2.29. The molecule has 1 aromatic heterocycles. The standard InChI is InChI=1S/C16H22N4O2/c1-11-8-13(3)20(19-11)15-7-5-6-14(9-15)18-16(21)17-12(2)10-22-4/h5-9,12H,10H2,1-4H3,(H2,17,18,21)/t12-/m1/s1. The normalized spacial score (nSPS) is 12.0. The minimum atomic E-state index is -0.255. The molecule has 0 radical (unpaired) electrons. The molecule has 0 saturated heterocycles. The first-order valence-electron chi connectivity index (χ1n) is 7.19. The summed E-state index contributed by atoms with van der Waals surface area (Å²) in [6.45, 7) is 6.31. The predicted molar refractivity (Wildman–Crippen MR) is 86.5 cm³/mol. The van der Waals surface area contributed by atoms with Crippen molar-refractivity contribution in [3.63, 3.8) is 0 Å². The van der Waals surface area contributed by atoms with Gasteiger partial charge in [0.2, 0.25) is 0 Å². The second-order valence-electron chi connectivity index (χ2n) is 5.34. The number of aryl methyl sites for hydroxylation is 2. The van der Waals surface area contributed by atoms with Gasteiger partial charge in [-0.3, -0.25) is 0 Å². The molecular weight excluding hydrogens is 280 g/mol. The first-order chi connectivity index (χ1) is 10.5. The lowest BCUT2D eigenvalue weighted by atomic mass is 10.2. The molecule has 22 heavy (non-hydrogen) atoms. The van der Waals surface area contributed by atoms with E-state index < -0.39 is 0 Å². The van der Waals surface area contributed by atoms with Gasteiger partial charge < -0.3 is 15.4 Å². The molecule has 1 atom stereocenters. The summed E-state index contributed by atoms with van der Waals surface area (Å²) in [5.41, 5.74) is 3.63. The van der Waals surface area contributed by atoms with Crippen LogP contribution in [0.4, 0.5) is 10.5 Å². The summed E-state index contributed by atoms with van der Waals surface area (Å²) in [5, 5.41) is 10.1. The van der Waals surface area contributed by atoms with E-state index in [2.05, 4.69) is 15.7 Å². The molecule has 1 aromatic carbocycles. The molecule has 0 bridgehead atoms. The van der Waals surface area contributed by atoms with E-state index in [1.807, 2.05) is 55.8 Å². The predicted octanol–water partition coefficient (Wildman–Crippen LogP) is 2.65. The Bertz CT molecular complexity index is 651. The minimum absolute atomic E-state index is 0.0517. The number of benzene rings is 1. The Morgan fingerprint density at radius 1 is 1.36 bits per heavy atom. The smallest absolute Gasteiger partial charge is 0.319 e. The number of carbonyl (C=O) groups excluding carboxylic acids is 1. The third-order valence-electron chi connectivity index (χ3n) is 3.15. The fraction of sp³-hybridized carbons (Fsp3) is 0.375. The summed E-state index contributed by atoms with van der Waals surface area (Å²) in [7, 11) is 1.61. The average Bonchev–Trinajstić information content (AvgIpc) is 2.78. The number of amides is 2. The van der Waals surface area contributed by atoms with Gasteiger partial charge in [0.05, 0.1) is 24.0 Å². The third-order valence-corrected chi connectivity index (χ3v) is 3.15. The highest BCUT2D eigenvalue weighted by Gasteiger charge is 2.08. The first kappa shape index (κ1) is 16.0. The largest absolute Gasteiger partial charge is 0.383 e. The summed E-state index contributed by atoms with van der Waals surface area (Å²) in [5.74, 6) is 0. The van der Waals surface area contributed by atoms with E-state index in [1.165, 1.54) is 0 Å². The molecule has 118 valence electrons. The van der Waals surface area contributed by atoms with Crippen LogP contribution in [0.5, 0.6) is 0 Å². The quantitative estimate of drug-likeness (QED) is 0.892. The van der Waals surface area contributed by atoms with E-state index in [-0.39, 0.29) is 12.1 Å². The van der Waals surface area contributed by atoms with Crippen LogP contribution in [0.3, 0.4) is 0 Å². The van der Waals surface area contributed by atoms with Crippen molar-refractivity contribution in [1.29, 1.82) is 0 Å². The molecule has 2 rings (SSSR count). The zero-order valence-corrected chi connectivity index (χ0v) is 13.4. The van der Waals surface area contributed by atoms with E-state index >= 15 is 0 Å². The number of anilines is 1. The summed E-state index contributed by atoms with van der Waals surface area (Å²) >= 11 is 0. The number of carbonyl (C=O) groups is 1. The van der Waals surface area contributed by atoms with E-state index in [9.17, 15) is 4.79 Å². The maximum Gasteiger partial charge on any atom is 0.319 e. The van der Waals surface area contributed by atoms with Crippen LogP contribution in [0, 0.1) is 13.8 Å². The third kappa shape index (κ3) is 4.08. The van der Waals surface area contributed by atoms with Crippen molar-refractivity contribution in [2.24, 2.45) is 0 Å². The first-order valence-corrected chi connectivity index (χ1v) is 7.19. The Morgan fingerprint density at radius 2 is 2.14 bits per heavy atom. The van der Waals surface area contributed by atoms with Crippen LogP contribution in [0.2, 0.25) is 0 Å². The molecule has 2 amide bonds. The molecule has 0 spiro atoms. The minimum Gasteiger partial charge on any atom is -0.383 e. The van der Waals surface area contributed by atoms with Crippen molar-refractivity contribution < 1.29 is 9.53 Å². The maximum atomic E-state index is 11.9. The Hall–Kier alpha value is -2.34. The number of rotatable bonds is 5. The number of aromatic nitrogens is 2. The highest BCUT2D eigenvalue weighted by molar-refractivity contribution is 5.89. The van der Waals surface area contributed by atoms with Crippen LogP contribution in [0.15, 0.2) is 30.3 Å². The molecular formula is C16H22N4O2. The number of ether oxygens (including phenoxy) is 1. The Kier molecular flexibility index (Phi) is 5.16. The summed E-state index contributed by atoms with van der Waals surface area (Å²) in [6, 6.07) is 9.28. The van der Waals surface area contributed by atoms with Crippen LogP contribution < -0.4 is 10.6 Å². The van der Waals surface area contributed by atoms with Crippen LogP contribution in [-0.2, 0) is 4.74 Å². The lowest BCUT2D eigenvalue weighted by molar-refractivity contribution is 0.173. The van der Waals surface area contributed by atoms with E-state index in [0.717, 1.165) is 17.1 Å². The molecule has 1 heterocycles. The van der Waals surface area contributed by atoms with Gasteiger partial charge in [-0.1, -0.05) is 6.07 Å². The molecule has 6 heteroatoms. The zero-order valence-electron chi connectivity index (χ0n) is 13.4. The number of hydrogen-bond donors (Lipinski definition) is 2. The lowest BCUT2D eigenvalue weighted by Gasteiger charge is -2.14. The van der Waals surface area contributed by atoms with Crippen molar-refractivity contribution in [2.75, 3.05) is 19.0 Å². The molecule has 0 unspecified atom stereocenters. The zero-order chi connectivity index (χ0) is 16.1. The van der Waals surface area contributed by atoms with Crippen molar-refractivity contribution >= 4 is 11.7 Å². The van der Waals surface area contributed by atoms with Crippen molar-refractivity contribution in [3.8, 4) is 5.69 Å². The molecule has 0 saturated carbocycles. The molecule has 0 aliphatic rings. The molecule has 2 aromatic rings. The van der Waals surface area contributed by atoms with Gasteiger partial charge in [-0.15, -0.1) is 0 Å². The topological polar surface area (TPSA) is 68.2 Å². The Morgan fingerprint density at radius 3 is 2.77 bits per heavy atom. The van der Waals surface area contributed by atoms with Crippen molar-refractivity contribution in [3.05, 3.63) is 41.7 Å². The van der Waals surface area contributed by atoms with Gasteiger partial charge in [-0.25, -0.2) is 9.48 Å². The molecule has 6 nitrogen and oxygen atoms in total. The monoisotopic (exact) mass is 302 g/mol.